The molecule has 2 aliphatic heterocycles. The smallest absolute Gasteiger partial charge is 0.228 e. The summed E-state index contributed by atoms with van der Waals surface area (Å²) >= 11 is 0. The van der Waals surface area contributed by atoms with Crippen molar-refractivity contribution in [3.05, 3.63) is 24.3 Å². The molecule has 2 atom stereocenters. The maximum absolute atomic E-state index is 13.1. The molecule has 2 aliphatic rings. The minimum absolute atomic E-state index is 0. The normalized spacial score (nSPS) is 22.2. The number of amides is 2. The third-order valence-electron chi connectivity index (χ3n) is 5.07. The fourth-order valence-electron chi connectivity index (χ4n) is 3.81. The molecule has 2 fully saturated rings. The maximum atomic E-state index is 13.1. The van der Waals surface area contributed by atoms with E-state index in [1.54, 1.807) is 12.0 Å². The van der Waals surface area contributed by atoms with Crippen molar-refractivity contribution in [2.45, 2.75) is 32.2 Å². The number of hydrogen-bond acceptors (Lipinski definition) is 4. The standard InChI is InChI=1S/C19H27N3O3.ClH/c1-3-10-21(15-8-9-20-12-15)19(24)14-11-18(23)22(13-14)16-6-4-5-7-17(16)25-2;/h4-7,14-15,20H,3,8-13H2,1-2H3;1H. The molecule has 0 saturated carbocycles. The summed E-state index contributed by atoms with van der Waals surface area (Å²) in [5, 5.41) is 3.33. The van der Waals surface area contributed by atoms with E-state index in [1.165, 1.54) is 0 Å². The average molecular weight is 382 g/mol. The van der Waals surface area contributed by atoms with Crippen LogP contribution in [0.25, 0.3) is 0 Å². The van der Waals surface area contributed by atoms with Crippen LogP contribution in [0.15, 0.2) is 24.3 Å². The Morgan fingerprint density at radius 3 is 2.81 bits per heavy atom. The Morgan fingerprint density at radius 2 is 2.15 bits per heavy atom. The van der Waals surface area contributed by atoms with Gasteiger partial charge in [0.05, 0.1) is 18.7 Å². The van der Waals surface area contributed by atoms with Gasteiger partial charge in [0.15, 0.2) is 0 Å². The summed E-state index contributed by atoms with van der Waals surface area (Å²) in [5.41, 5.74) is 0.745. The number of halogens is 1. The Kier molecular flexibility index (Phi) is 7.29. The Morgan fingerprint density at radius 1 is 1.38 bits per heavy atom. The van der Waals surface area contributed by atoms with Crippen molar-refractivity contribution in [3.63, 3.8) is 0 Å². The molecule has 0 spiro atoms. The molecule has 2 heterocycles. The molecular weight excluding hydrogens is 354 g/mol. The zero-order valence-corrected chi connectivity index (χ0v) is 16.3. The molecule has 1 aromatic carbocycles. The van der Waals surface area contributed by atoms with E-state index in [0.717, 1.165) is 38.2 Å². The number of benzene rings is 1. The van der Waals surface area contributed by atoms with Crippen molar-refractivity contribution in [1.29, 1.82) is 0 Å². The van der Waals surface area contributed by atoms with E-state index in [2.05, 4.69) is 12.2 Å². The summed E-state index contributed by atoms with van der Waals surface area (Å²) in [7, 11) is 1.60. The highest BCUT2D eigenvalue weighted by atomic mass is 35.5. The van der Waals surface area contributed by atoms with Crippen molar-refractivity contribution in [2.75, 3.05) is 38.2 Å². The van der Waals surface area contributed by atoms with Crippen LogP contribution in [-0.4, -0.2) is 56.0 Å². The van der Waals surface area contributed by atoms with Gasteiger partial charge in [0, 0.05) is 32.1 Å². The first kappa shape index (κ1) is 20.5. The summed E-state index contributed by atoms with van der Waals surface area (Å²) in [6.07, 6.45) is 2.19. The molecule has 1 aromatic rings. The van der Waals surface area contributed by atoms with Gasteiger partial charge in [-0.15, -0.1) is 12.4 Å². The number of methoxy groups -OCH3 is 1. The van der Waals surface area contributed by atoms with Crippen molar-refractivity contribution >= 4 is 29.9 Å². The zero-order valence-electron chi connectivity index (χ0n) is 15.4. The number of para-hydroxylation sites is 2. The maximum Gasteiger partial charge on any atom is 0.228 e. The van der Waals surface area contributed by atoms with Gasteiger partial charge in [0.1, 0.15) is 5.75 Å². The first-order chi connectivity index (χ1) is 12.2. The minimum Gasteiger partial charge on any atom is -0.495 e. The second kappa shape index (κ2) is 9.24. The van der Waals surface area contributed by atoms with E-state index in [0.29, 0.717) is 12.3 Å². The molecule has 2 saturated heterocycles. The van der Waals surface area contributed by atoms with Crippen LogP contribution in [0.3, 0.4) is 0 Å². The van der Waals surface area contributed by atoms with Gasteiger partial charge >= 0.3 is 0 Å². The molecule has 1 N–H and O–H groups in total. The third-order valence-corrected chi connectivity index (χ3v) is 5.07. The van der Waals surface area contributed by atoms with Gasteiger partial charge in [0.25, 0.3) is 0 Å². The van der Waals surface area contributed by atoms with E-state index >= 15 is 0 Å². The predicted octanol–water partition coefficient (Wildman–Crippen LogP) is 2.07. The van der Waals surface area contributed by atoms with Crippen LogP contribution < -0.4 is 15.0 Å². The monoisotopic (exact) mass is 381 g/mol. The van der Waals surface area contributed by atoms with E-state index in [1.807, 2.05) is 29.2 Å². The number of rotatable bonds is 6. The highest BCUT2D eigenvalue weighted by Gasteiger charge is 2.39. The molecule has 2 unspecified atom stereocenters. The largest absolute Gasteiger partial charge is 0.495 e. The fourth-order valence-corrected chi connectivity index (χ4v) is 3.81. The van der Waals surface area contributed by atoms with Crippen LogP contribution in [0, 0.1) is 5.92 Å². The lowest BCUT2D eigenvalue weighted by Gasteiger charge is -2.30. The first-order valence-electron chi connectivity index (χ1n) is 9.10. The van der Waals surface area contributed by atoms with Gasteiger partial charge in [-0.1, -0.05) is 19.1 Å². The molecule has 0 aliphatic carbocycles. The first-order valence-corrected chi connectivity index (χ1v) is 9.10. The van der Waals surface area contributed by atoms with Crippen LogP contribution in [-0.2, 0) is 9.59 Å². The third kappa shape index (κ3) is 4.13. The number of carbonyl (C=O) groups excluding carboxylic acids is 2. The Bertz CT molecular complexity index is 634. The highest BCUT2D eigenvalue weighted by molar-refractivity contribution is 6.01. The molecule has 0 bridgehead atoms. The van der Waals surface area contributed by atoms with Gasteiger partial charge in [0.2, 0.25) is 11.8 Å². The van der Waals surface area contributed by atoms with Crippen LogP contribution in [0.1, 0.15) is 26.2 Å². The highest BCUT2D eigenvalue weighted by Crippen LogP contribution is 2.33. The summed E-state index contributed by atoms with van der Waals surface area (Å²) in [6, 6.07) is 7.72. The van der Waals surface area contributed by atoms with Crippen molar-refractivity contribution < 1.29 is 14.3 Å². The SMILES string of the molecule is CCCN(C(=O)C1CC(=O)N(c2ccccc2OC)C1)C1CCNC1.Cl. The average Bonchev–Trinajstić information content (AvgIpc) is 3.29. The lowest BCUT2D eigenvalue weighted by atomic mass is 10.0. The van der Waals surface area contributed by atoms with Crippen molar-refractivity contribution in [1.82, 2.24) is 10.2 Å². The molecular formula is C19H28ClN3O3. The molecule has 0 radical (unpaired) electrons. The molecule has 144 valence electrons. The van der Waals surface area contributed by atoms with E-state index < -0.39 is 0 Å². The molecule has 3 rings (SSSR count). The van der Waals surface area contributed by atoms with E-state index in [9.17, 15) is 9.59 Å². The van der Waals surface area contributed by atoms with Crippen LogP contribution in [0.4, 0.5) is 5.69 Å². The molecule has 26 heavy (non-hydrogen) atoms. The van der Waals surface area contributed by atoms with Crippen molar-refractivity contribution in [3.8, 4) is 5.75 Å². The summed E-state index contributed by atoms with van der Waals surface area (Å²) in [6.45, 7) is 5.07. The van der Waals surface area contributed by atoms with Gasteiger partial charge in [-0.25, -0.2) is 0 Å². The minimum atomic E-state index is -0.274. The number of nitrogens with one attached hydrogen (secondary N) is 1. The lowest BCUT2D eigenvalue weighted by Crippen LogP contribution is -2.45. The lowest BCUT2D eigenvalue weighted by molar-refractivity contribution is -0.137. The fraction of sp³-hybridized carbons (Fsp3) is 0.579. The number of carbonyl (C=O) groups is 2. The second-order valence-corrected chi connectivity index (χ2v) is 6.76. The quantitative estimate of drug-likeness (QED) is 0.819. The number of nitrogens with zero attached hydrogens (tertiary/aromatic N) is 2. The molecule has 2 amide bonds. The van der Waals surface area contributed by atoms with Gasteiger partial charge < -0.3 is 19.9 Å². The number of ether oxygens (including phenoxy) is 1. The molecule has 0 aromatic heterocycles. The summed E-state index contributed by atoms with van der Waals surface area (Å²) in [5.74, 6) is 0.490. The Labute approximate surface area is 161 Å². The van der Waals surface area contributed by atoms with Gasteiger partial charge in [-0.2, -0.15) is 0 Å². The molecule has 7 heteroatoms. The van der Waals surface area contributed by atoms with Crippen LogP contribution >= 0.6 is 12.4 Å². The van der Waals surface area contributed by atoms with Crippen LogP contribution in [0.5, 0.6) is 5.75 Å². The van der Waals surface area contributed by atoms with Gasteiger partial charge in [-0.3, -0.25) is 9.59 Å². The summed E-state index contributed by atoms with van der Waals surface area (Å²) < 4.78 is 5.37. The van der Waals surface area contributed by atoms with Crippen molar-refractivity contribution in [2.24, 2.45) is 5.92 Å². The Hall–Kier alpha value is -1.79. The number of anilines is 1. The van der Waals surface area contributed by atoms with E-state index in [4.69, 9.17) is 4.74 Å². The Balaban J connectivity index is 0.00000243. The summed E-state index contributed by atoms with van der Waals surface area (Å²) in [4.78, 5) is 29.3. The predicted molar refractivity (Wildman–Crippen MR) is 104 cm³/mol. The topological polar surface area (TPSA) is 61.9 Å². The molecule has 6 nitrogen and oxygen atoms in total. The zero-order chi connectivity index (χ0) is 17.8. The second-order valence-electron chi connectivity index (χ2n) is 6.76. The van der Waals surface area contributed by atoms with Gasteiger partial charge in [-0.05, 0) is 31.5 Å². The van der Waals surface area contributed by atoms with Crippen LogP contribution in [0.2, 0.25) is 0 Å². The number of hydrogen-bond donors (Lipinski definition) is 1. The van der Waals surface area contributed by atoms with E-state index in [-0.39, 0.29) is 42.6 Å².